The summed E-state index contributed by atoms with van der Waals surface area (Å²) in [6.45, 7) is 4.03. The number of rotatable bonds is 3. The van der Waals surface area contributed by atoms with Gasteiger partial charge in [-0.3, -0.25) is 0 Å². The van der Waals surface area contributed by atoms with Gasteiger partial charge in [-0.2, -0.15) is 0 Å². The molecular weight excluding hydrogens is 332 g/mol. The maximum atomic E-state index is 5.83. The smallest absolute Gasteiger partial charge is 0.225 e. The molecule has 7 heteroatoms. The van der Waals surface area contributed by atoms with Gasteiger partial charge in [-0.1, -0.05) is 0 Å². The lowest BCUT2D eigenvalue weighted by Gasteiger charge is -2.36. The number of hydrogen-bond donors (Lipinski definition) is 1. The average Bonchev–Trinajstić information content (AvgIpc) is 2.56. The van der Waals surface area contributed by atoms with Crippen LogP contribution in [0.15, 0.2) is 35.2 Å². The Balaban J connectivity index is 1.71. The van der Waals surface area contributed by atoms with Crippen molar-refractivity contribution in [3.63, 3.8) is 0 Å². The van der Waals surface area contributed by atoms with Crippen molar-refractivity contribution < 1.29 is 0 Å². The van der Waals surface area contributed by atoms with Crippen LogP contribution in [0, 0.1) is 0 Å². The van der Waals surface area contributed by atoms with E-state index in [9.17, 15) is 0 Å². The van der Waals surface area contributed by atoms with Crippen molar-refractivity contribution in [1.82, 2.24) is 15.0 Å². The molecule has 110 valence electrons. The van der Waals surface area contributed by atoms with E-state index in [1.165, 1.54) is 0 Å². The Morgan fingerprint density at radius 3 is 2.38 bits per heavy atom. The van der Waals surface area contributed by atoms with Crippen molar-refractivity contribution in [3.05, 3.63) is 40.8 Å². The largest absolute Gasteiger partial charge is 0.353 e. The summed E-state index contributed by atoms with van der Waals surface area (Å²) in [6.07, 6.45) is 5.37. The molecule has 1 aliphatic rings. The van der Waals surface area contributed by atoms with Gasteiger partial charge in [0.15, 0.2) is 0 Å². The fraction of sp³-hybridized carbons (Fsp3) is 0.357. The lowest BCUT2D eigenvalue weighted by Crippen LogP contribution is -2.47. The number of anilines is 2. The van der Waals surface area contributed by atoms with Crippen LogP contribution < -0.4 is 15.5 Å². The van der Waals surface area contributed by atoms with Crippen molar-refractivity contribution >= 4 is 27.7 Å². The number of nitrogens with two attached hydrogens (primary N) is 1. The number of nitrogens with zero attached hydrogens (tertiary/aromatic N) is 5. The first-order valence-corrected chi connectivity index (χ1v) is 7.68. The Morgan fingerprint density at radius 1 is 1.05 bits per heavy atom. The van der Waals surface area contributed by atoms with E-state index >= 15 is 0 Å². The van der Waals surface area contributed by atoms with E-state index in [1.807, 2.05) is 18.3 Å². The van der Waals surface area contributed by atoms with Crippen LogP contribution in [0.25, 0.3) is 0 Å². The van der Waals surface area contributed by atoms with Gasteiger partial charge in [0.25, 0.3) is 0 Å². The van der Waals surface area contributed by atoms with Crippen LogP contribution in [0.3, 0.4) is 0 Å². The fourth-order valence-electron chi connectivity index (χ4n) is 2.48. The highest BCUT2D eigenvalue weighted by molar-refractivity contribution is 9.10. The number of piperazine rings is 1. The van der Waals surface area contributed by atoms with Gasteiger partial charge in [0.2, 0.25) is 5.95 Å². The summed E-state index contributed by atoms with van der Waals surface area (Å²) in [5.74, 6) is 1.77. The van der Waals surface area contributed by atoms with Crippen LogP contribution in [0.1, 0.15) is 5.56 Å². The molecule has 2 aromatic rings. The molecule has 0 saturated carbocycles. The number of pyridine rings is 1. The zero-order chi connectivity index (χ0) is 14.7. The molecule has 0 aliphatic carbocycles. The SMILES string of the molecule is NCc1cc(Br)cnc1N1CCN(c2ncccn2)CC1. The third-order valence-electron chi connectivity index (χ3n) is 3.54. The lowest BCUT2D eigenvalue weighted by atomic mass is 10.2. The zero-order valence-corrected chi connectivity index (χ0v) is 13.2. The third kappa shape index (κ3) is 3.14. The number of hydrogen-bond acceptors (Lipinski definition) is 6. The standard InChI is InChI=1S/C14H17BrN6/c15-12-8-11(9-16)13(19-10-12)20-4-6-21(7-5-20)14-17-2-1-3-18-14/h1-3,8,10H,4-7,9,16H2. The molecule has 6 nitrogen and oxygen atoms in total. The zero-order valence-electron chi connectivity index (χ0n) is 11.6. The molecule has 3 heterocycles. The predicted molar refractivity (Wildman–Crippen MR) is 86.3 cm³/mol. The van der Waals surface area contributed by atoms with E-state index < -0.39 is 0 Å². The van der Waals surface area contributed by atoms with Gasteiger partial charge >= 0.3 is 0 Å². The number of aromatic nitrogens is 3. The summed E-state index contributed by atoms with van der Waals surface area (Å²) in [7, 11) is 0. The molecule has 2 N–H and O–H groups in total. The Kier molecular flexibility index (Phi) is 4.31. The van der Waals surface area contributed by atoms with Crippen LogP contribution in [-0.4, -0.2) is 41.1 Å². The minimum atomic E-state index is 0.490. The quantitative estimate of drug-likeness (QED) is 0.904. The second-order valence-electron chi connectivity index (χ2n) is 4.86. The molecule has 1 fully saturated rings. The summed E-state index contributed by atoms with van der Waals surface area (Å²) in [6, 6.07) is 3.87. The Bertz CT molecular complexity index is 598. The first-order valence-electron chi connectivity index (χ1n) is 6.89. The average molecular weight is 349 g/mol. The summed E-state index contributed by atoms with van der Waals surface area (Å²) in [4.78, 5) is 17.6. The normalized spacial score (nSPS) is 15.3. The van der Waals surface area contributed by atoms with Crippen molar-refractivity contribution in [2.75, 3.05) is 36.0 Å². The lowest BCUT2D eigenvalue weighted by molar-refractivity contribution is 0.632. The van der Waals surface area contributed by atoms with Crippen LogP contribution in [-0.2, 0) is 6.54 Å². The monoisotopic (exact) mass is 348 g/mol. The van der Waals surface area contributed by atoms with E-state index in [0.717, 1.165) is 48.0 Å². The molecular formula is C14H17BrN6. The molecule has 3 rings (SSSR count). The van der Waals surface area contributed by atoms with Gasteiger partial charge in [0.1, 0.15) is 5.82 Å². The molecule has 0 spiro atoms. The van der Waals surface area contributed by atoms with E-state index in [2.05, 4.69) is 40.7 Å². The second kappa shape index (κ2) is 6.36. The molecule has 1 aliphatic heterocycles. The first kappa shape index (κ1) is 14.2. The van der Waals surface area contributed by atoms with Gasteiger partial charge in [-0.15, -0.1) is 0 Å². The van der Waals surface area contributed by atoms with Crippen molar-refractivity contribution in [2.45, 2.75) is 6.54 Å². The molecule has 0 radical (unpaired) electrons. The molecule has 0 atom stereocenters. The van der Waals surface area contributed by atoms with Crippen molar-refractivity contribution in [3.8, 4) is 0 Å². The third-order valence-corrected chi connectivity index (χ3v) is 3.98. The number of halogens is 1. The van der Waals surface area contributed by atoms with E-state index in [4.69, 9.17) is 5.73 Å². The van der Waals surface area contributed by atoms with Crippen LogP contribution in [0.5, 0.6) is 0 Å². The Hall–Kier alpha value is -1.73. The highest BCUT2D eigenvalue weighted by Crippen LogP contribution is 2.23. The minimum absolute atomic E-state index is 0.490. The van der Waals surface area contributed by atoms with E-state index in [0.29, 0.717) is 6.54 Å². The topological polar surface area (TPSA) is 71.2 Å². The molecule has 1 saturated heterocycles. The van der Waals surface area contributed by atoms with Crippen LogP contribution >= 0.6 is 15.9 Å². The molecule has 0 aromatic carbocycles. The molecule has 2 aromatic heterocycles. The summed E-state index contributed by atoms with van der Waals surface area (Å²) < 4.78 is 0.961. The van der Waals surface area contributed by atoms with Gasteiger partial charge in [0, 0.05) is 61.4 Å². The van der Waals surface area contributed by atoms with Gasteiger partial charge in [-0.25, -0.2) is 15.0 Å². The highest BCUT2D eigenvalue weighted by Gasteiger charge is 2.21. The van der Waals surface area contributed by atoms with Gasteiger partial charge in [0.05, 0.1) is 0 Å². The summed E-state index contributed by atoms with van der Waals surface area (Å²) >= 11 is 3.44. The van der Waals surface area contributed by atoms with E-state index in [-0.39, 0.29) is 0 Å². The van der Waals surface area contributed by atoms with Crippen LogP contribution in [0.2, 0.25) is 0 Å². The maximum absolute atomic E-state index is 5.83. The molecule has 21 heavy (non-hydrogen) atoms. The maximum Gasteiger partial charge on any atom is 0.225 e. The van der Waals surface area contributed by atoms with Gasteiger partial charge in [-0.05, 0) is 28.1 Å². The van der Waals surface area contributed by atoms with Crippen molar-refractivity contribution in [1.29, 1.82) is 0 Å². The van der Waals surface area contributed by atoms with Gasteiger partial charge < -0.3 is 15.5 Å². The predicted octanol–water partition coefficient (Wildman–Crippen LogP) is 1.42. The molecule has 0 bridgehead atoms. The minimum Gasteiger partial charge on any atom is -0.353 e. The Morgan fingerprint density at radius 2 is 1.71 bits per heavy atom. The second-order valence-corrected chi connectivity index (χ2v) is 5.78. The summed E-state index contributed by atoms with van der Waals surface area (Å²) in [5.41, 5.74) is 6.89. The van der Waals surface area contributed by atoms with E-state index in [1.54, 1.807) is 12.4 Å². The van der Waals surface area contributed by atoms with Crippen molar-refractivity contribution in [2.24, 2.45) is 5.73 Å². The summed E-state index contributed by atoms with van der Waals surface area (Å²) in [5, 5.41) is 0. The van der Waals surface area contributed by atoms with Crippen LogP contribution in [0.4, 0.5) is 11.8 Å². The molecule has 0 unspecified atom stereocenters. The first-order chi connectivity index (χ1) is 10.3. The Labute approximate surface area is 132 Å². The fourth-order valence-corrected chi connectivity index (χ4v) is 2.86. The highest BCUT2D eigenvalue weighted by atomic mass is 79.9. The molecule has 0 amide bonds.